The molecule has 106 valence electrons. The van der Waals surface area contributed by atoms with Crippen molar-refractivity contribution in [2.75, 3.05) is 18.0 Å². The average Bonchev–Trinajstić information content (AvgIpc) is 2.75. The molecular formula is C15H18N2O3. The number of carboxylic acid groups (broad SMARTS) is 1. The first kappa shape index (κ1) is 13.1. The summed E-state index contributed by atoms with van der Waals surface area (Å²) < 4.78 is 5.83. The molecule has 1 N–H and O–H groups in total. The van der Waals surface area contributed by atoms with Crippen molar-refractivity contribution in [2.45, 2.75) is 32.0 Å². The van der Waals surface area contributed by atoms with Crippen LogP contribution >= 0.6 is 0 Å². The van der Waals surface area contributed by atoms with Crippen LogP contribution in [0.15, 0.2) is 18.3 Å². The number of morpholine rings is 1. The van der Waals surface area contributed by atoms with E-state index in [0.29, 0.717) is 12.2 Å². The highest BCUT2D eigenvalue weighted by molar-refractivity contribution is 5.85. The minimum absolute atomic E-state index is 0.335. The summed E-state index contributed by atoms with van der Waals surface area (Å²) >= 11 is 0. The number of aliphatic carboxylic acids is 1. The van der Waals surface area contributed by atoms with Crippen molar-refractivity contribution in [3.05, 3.63) is 29.5 Å². The highest BCUT2D eigenvalue weighted by Gasteiger charge is 2.34. The van der Waals surface area contributed by atoms with E-state index in [2.05, 4.69) is 9.88 Å². The van der Waals surface area contributed by atoms with Crippen molar-refractivity contribution in [3.8, 4) is 0 Å². The Kier molecular flexibility index (Phi) is 3.44. The second-order valence-corrected chi connectivity index (χ2v) is 5.44. The van der Waals surface area contributed by atoms with Gasteiger partial charge in [-0.25, -0.2) is 9.78 Å². The van der Waals surface area contributed by atoms with Gasteiger partial charge in [-0.05, 0) is 43.0 Å². The van der Waals surface area contributed by atoms with E-state index in [-0.39, 0.29) is 0 Å². The molecule has 2 atom stereocenters. The molecule has 0 amide bonds. The fourth-order valence-corrected chi connectivity index (χ4v) is 2.97. The molecular weight excluding hydrogens is 256 g/mol. The van der Waals surface area contributed by atoms with Crippen LogP contribution in [0.1, 0.15) is 24.0 Å². The van der Waals surface area contributed by atoms with Crippen LogP contribution in [0, 0.1) is 6.92 Å². The molecule has 0 aliphatic carbocycles. The Morgan fingerprint density at radius 1 is 1.45 bits per heavy atom. The monoisotopic (exact) mass is 274 g/mol. The first-order valence-corrected chi connectivity index (χ1v) is 6.90. The lowest BCUT2D eigenvalue weighted by Crippen LogP contribution is -2.43. The number of rotatable bonds is 3. The quantitative estimate of drug-likeness (QED) is 0.852. The topological polar surface area (TPSA) is 62.7 Å². The number of anilines is 1. The van der Waals surface area contributed by atoms with E-state index in [0.717, 1.165) is 49.0 Å². The number of fused-ring (bicyclic) bond motifs is 2. The second-order valence-electron chi connectivity index (χ2n) is 5.44. The summed E-state index contributed by atoms with van der Waals surface area (Å²) in [6.07, 6.45) is 7.36. The molecule has 20 heavy (non-hydrogen) atoms. The van der Waals surface area contributed by atoms with E-state index in [4.69, 9.17) is 9.84 Å². The Balaban J connectivity index is 1.79. The number of hydrogen-bond acceptors (Lipinski definition) is 4. The molecule has 5 nitrogen and oxygen atoms in total. The lowest BCUT2D eigenvalue weighted by molar-refractivity contribution is -0.131. The number of nitrogens with zero attached hydrogens (tertiary/aromatic N) is 2. The fraction of sp³-hybridized carbons (Fsp3) is 0.467. The summed E-state index contributed by atoms with van der Waals surface area (Å²) in [6, 6.07) is 1.97. The molecule has 2 bridgehead atoms. The van der Waals surface area contributed by atoms with Gasteiger partial charge in [0.15, 0.2) is 0 Å². The van der Waals surface area contributed by atoms with Crippen LogP contribution < -0.4 is 4.90 Å². The number of ether oxygens (including phenoxy) is 1. The third kappa shape index (κ3) is 2.67. The van der Waals surface area contributed by atoms with Crippen LogP contribution in [-0.2, 0) is 9.53 Å². The minimum atomic E-state index is -0.948. The van der Waals surface area contributed by atoms with Crippen LogP contribution in [0.25, 0.3) is 6.08 Å². The van der Waals surface area contributed by atoms with Gasteiger partial charge in [0, 0.05) is 25.4 Å². The first-order chi connectivity index (χ1) is 9.61. The van der Waals surface area contributed by atoms with Gasteiger partial charge in [-0.15, -0.1) is 0 Å². The third-order valence-corrected chi connectivity index (χ3v) is 3.83. The smallest absolute Gasteiger partial charge is 0.328 e. The van der Waals surface area contributed by atoms with Crippen LogP contribution in [-0.4, -0.2) is 41.4 Å². The molecule has 0 radical (unpaired) electrons. The van der Waals surface area contributed by atoms with E-state index in [9.17, 15) is 4.79 Å². The molecule has 3 rings (SSSR count). The molecule has 0 saturated carbocycles. The molecule has 5 heteroatoms. The van der Waals surface area contributed by atoms with E-state index in [1.54, 1.807) is 12.3 Å². The summed E-state index contributed by atoms with van der Waals surface area (Å²) in [4.78, 5) is 17.3. The Hall–Kier alpha value is -1.88. The molecule has 3 heterocycles. The predicted molar refractivity (Wildman–Crippen MR) is 75.8 cm³/mol. The van der Waals surface area contributed by atoms with Crippen molar-refractivity contribution in [2.24, 2.45) is 0 Å². The first-order valence-electron chi connectivity index (χ1n) is 6.90. The minimum Gasteiger partial charge on any atom is -0.478 e. The Bertz CT molecular complexity index is 544. The number of aryl methyl sites for hydroxylation is 1. The fourth-order valence-electron chi connectivity index (χ4n) is 2.97. The highest BCUT2D eigenvalue weighted by Crippen LogP contribution is 2.30. The van der Waals surface area contributed by atoms with Crippen molar-refractivity contribution in [1.82, 2.24) is 4.98 Å². The molecule has 2 saturated heterocycles. The number of aromatic nitrogens is 1. The maximum Gasteiger partial charge on any atom is 0.328 e. The molecule has 2 aliphatic rings. The lowest BCUT2D eigenvalue weighted by Gasteiger charge is -2.33. The van der Waals surface area contributed by atoms with Gasteiger partial charge >= 0.3 is 5.97 Å². The molecule has 0 aromatic carbocycles. The molecule has 2 unspecified atom stereocenters. The summed E-state index contributed by atoms with van der Waals surface area (Å²) in [5.41, 5.74) is 1.88. The van der Waals surface area contributed by atoms with E-state index >= 15 is 0 Å². The van der Waals surface area contributed by atoms with Crippen molar-refractivity contribution >= 4 is 17.9 Å². The summed E-state index contributed by atoms with van der Waals surface area (Å²) in [6.45, 7) is 3.81. The van der Waals surface area contributed by atoms with Gasteiger partial charge in [0.25, 0.3) is 0 Å². The van der Waals surface area contributed by atoms with Crippen molar-refractivity contribution in [3.63, 3.8) is 0 Å². The van der Waals surface area contributed by atoms with Gasteiger partial charge in [0.1, 0.15) is 5.82 Å². The summed E-state index contributed by atoms with van der Waals surface area (Å²) in [5.74, 6) is 0.0363. The average molecular weight is 274 g/mol. The second kappa shape index (κ2) is 5.25. The van der Waals surface area contributed by atoms with Crippen LogP contribution in [0.3, 0.4) is 0 Å². The van der Waals surface area contributed by atoms with Gasteiger partial charge < -0.3 is 14.7 Å². The van der Waals surface area contributed by atoms with Gasteiger partial charge in [-0.3, -0.25) is 0 Å². The third-order valence-electron chi connectivity index (χ3n) is 3.83. The molecule has 2 aliphatic heterocycles. The Morgan fingerprint density at radius 3 is 2.75 bits per heavy atom. The number of hydrogen-bond donors (Lipinski definition) is 1. The molecule has 1 aromatic heterocycles. The number of carboxylic acids is 1. The van der Waals surface area contributed by atoms with Crippen molar-refractivity contribution < 1.29 is 14.6 Å². The van der Waals surface area contributed by atoms with E-state index in [1.807, 2.05) is 13.0 Å². The van der Waals surface area contributed by atoms with Crippen molar-refractivity contribution in [1.29, 1.82) is 0 Å². The van der Waals surface area contributed by atoms with Gasteiger partial charge in [0.05, 0.1) is 12.2 Å². The van der Waals surface area contributed by atoms with Gasteiger partial charge in [0.2, 0.25) is 0 Å². The lowest BCUT2D eigenvalue weighted by atomic mass is 10.1. The zero-order valence-electron chi connectivity index (χ0n) is 11.5. The maximum absolute atomic E-state index is 10.5. The van der Waals surface area contributed by atoms with Crippen LogP contribution in [0.4, 0.5) is 5.82 Å². The summed E-state index contributed by atoms with van der Waals surface area (Å²) in [5, 5.41) is 8.64. The predicted octanol–water partition coefficient (Wildman–Crippen LogP) is 1.86. The normalized spacial score (nSPS) is 25.4. The zero-order chi connectivity index (χ0) is 14.1. The SMILES string of the molecule is Cc1cc(/C=C/C(=O)O)cnc1N1CC2CCC(C1)O2. The van der Waals surface area contributed by atoms with E-state index < -0.39 is 5.97 Å². The highest BCUT2D eigenvalue weighted by atomic mass is 16.5. The van der Waals surface area contributed by atoms with Crippen LogP contribution in [0.5, 0.6) is 0 Å². The molecule has 1 aromatic rings. The largest absolute Gasteiger partial charge is 0.478 e. The Labute approximate surface area is 117 Å². The van der Waals surface area contributed by atoms with Crippen LogP contribution in [0.2, 0.25) is 0 Å². The van der Waals surface area contributed by atoms with E-state index in [1.165, 1.54) is 0 Å². The van der Waals surface area contributed by atoms with Gasteiger partial charge in [-0.2, -0.15) is 0 Å². The number of carbonyl (C=O) groups is 1. The molecule has 0 spiro atoms. The summed E-state index contributed by atoms with van der Waals surface area (Å²) in [7, 11) is 0. The zero-order valence-corrected chi connectivity index (χ0v) is 11.5. The molecule has 2 fully saturated rings. The van der Waals surface area contributed by atoms with Gasteiger partial charge in [-0.1, -0.05) is 0 Å². The Morgan fingerprint density at radius 2 is 2.15 bits per heavy atom. The standard InChI is InChI=1S/C15H18N2O3/c1-10-6-11(2-5-14(18)19)7-16-15(10)17-8-12-3-4-13(9-17)20-12/h2,5-7,12-13H,3-4,8-9H2,1H3,(H,18,19)/b5-2+. The number of pyridine rings is 1. The maximum atomic E-state index is 10.5.